The van der Waals surface area contributed by atoms with Crippen LogP contribution >= 0.6 is 0 Å². The second-order valence-electron chi connectivity index (χ2n) is 17.1. The number of hydrogen-bond acceptors (Lipinski definition) is 1. The van der Waals surface area contributed by atoms with E-state index in [1.807, 2.05) is 0 Å². The average Bonchev–Trinajstić information content (AvgIpc) is 3.71. The van der Waals surface area contributed by atoms with Gasteiger partial charge in [0.15, 0.2) is 5.82 Å². The molecule has 1 unspecified atom stereocenters. The SMILES string of the molecule is CC(C)c1cc(C(C)C)c(C([N-]c2c(C(C)C)cccc2C(C)C)c2nc(-n3c4c(c5ccccc53)CCCC4)cn2C)c(C(C)C)c1.C[N-]C.C[N-]C.C[N-]C.[Hf+4]. The summed E-state index contributed by atoms with van der Waals surface area (Å²) >= 11 is 0. The largest absolute Gasteiger partial charge is 4.00 e. The van der Waals surface area contributed by atoms with Crippen LogP contribution in [-0.2, 0) is 45.7 Å². The van der Waals surface area contributed by atoms with Crippen LogP contribution in [-0.4, -0.2) is 56.4 Å². The Labute approximate surface area is 372 Å². The van der Waals surface area contributed by atoms with E-state index in [1.165, 1.54) is 68.4 Å². The van der Waals surface area contributed by atoms with E-state index < -0.39 is 0 Å². The molecule has 0 saturated carbocycles. The molecule has 2 aromatic heterocycles. The zero-order chi connectivity index (χ0) is 42.6. The first-order valence-electron chi connectivity index (χ1n) is 21.2. The normalized spacial score (nSPS) is 12.7. The van der Waals surface area contributed by atoms with Crippen LogP contribution in [0.15, 0.2) is 60.8 Å². The number of nitrogens with zero attached hydrogens (tertiary/aromatic N) is 7. The van der Waals surface area contributed by atoms with Gasteiger partial charge in [0.25, 0.3) is 0 Å². The van der Waals surface area contributed by atoms with Gasteiger partial charge in [-0.2, -0.15) is 42.3 Å². The predicted octanol–water partition coefficient (Wildman–Crippen LogP) is 14.5. The Balaban J connectivity index is 0.00000106. The van der Waals surface area contributed by atoms with E-state index in [9.17, 15) is 0 Å². The molecule has 0 spiro atoms. The summed E-state index contributed by atoms with van der Waals surface area (Å²) in [5, 5.41) is 17.8. The molecule has 8 heteroatoms. The minimum Gasteiger partial charge on any atom is -0.671 e. The smallest absolute Gasteiger partial charge is 0.671 e. The summed E-state index contributed by atoms with van der Waals surface area (Å²) in [6.07, 6.45) is 6.97. The van der Waals surface area contributed by atoms with Gasteiger partial charge in [0.1, 0.15) is 5.82 Å². The Morgan fingerprint density at radius 2 is 1.09 bits per heavy atom. The van der Waals surface area contributed by atoms with E-state index in [0.29, 0.717) is 29.6 Å². The van der Waals surface area contributed by atoms with Crippen molar-refractivity contribution >= 4 is 16.6 Å². The van der Waals surface area contributed by atoms with Crippen LogP contribution in [0, 0.1) is 0 Å². The maximum absolute atomic E-state index is 5.91. The van der Waals surface area contributed by atoms with Crippen molar-refractivity contribution in [3.05, 3.63) is 133 Å². The van der Waals surface area contributed by atoms with Gasteiger partial charge in [0.05, 0.1) is 5.52 Å². The van der Waals surface area contributed by atoms with E-state index in [2.05, 4.69) is 162 Å². The van der Waals surface area contributed by atoms with Crippen LogP contribution in [0.1, 0.15) is 168 Å². The van der Waals surface area contributed by atoms with Gasteiger partial charge < -0.3 is 25.8 Å². The van der Waals surface area contributed by atoms with Crippen molar-refractivity contribution < 1.29 is 25.8 Å². The molecule has 3 aromatic carbocycles. The van der Waals surface area contributed by atoms with Crippen molar-refractivity contribution in [1.82, 2.24) is 14.1 Å². The fourth-order valence-electron chi connectivity index (χ4n) is 7.95. The summed E-state index contributed by atoms with van der Waals surface area (Å²) in [5.74, 6) is 3.86. The van der Waals surface area contributed by atoms with E-state index in [1.54, 1.807) is 42.3 Å². The van der Waals surface area contributed by atoms with E-state index >= 15 is 0 Å². The molecule has 2 heterocycles. The van der Waals surface area contributed by atoms with Gasteiger partial charge in [-0.1, -0.05) is 129 Å². The molecule has 0 bridgehead atoms. The second-order valence-corrected chi connectivity index (χ2v) is 17.1. The summed E-state index contributed by atoms with van der Waals surface area (Å²) in [6.45, 7) is 23.2. The van der Waals surface area contributed by atoms with Crippen molar-refractivity contribution in [3.63, 3.8) is 0 Å². The van der Waals surface area contributed by atoms with Crippen LogP contribution in [0.25, 0.3) is 38.0 Å². The molecule has 0 saturated heterocycles. The topological polar surface area (TPSA) is 79.2 Å². The minimum absolute atomic E-state index is 0. The van der Waals surface area contributed by atoms with Gasteiger partial charge in [0.2, 0.25) is 0 Å². The van der Waals surface area contributed by atoms with Crippen LogP contribution in [0.2, 0.25) is 0 Å². The van der Waals surface area contributed by atoms with Crippen molar-refractivity contribution in [2.24, 2.45) is 7.05 Å². The van der Waals surface area contributed by atoms with Crippen molar-refractivity contribution in [1.29, 1.82) is 0 Å². The number of aromatic nitrogens is 3. The summed E-state index contributed by atoms with van der Waals surface area (Å²) in [7, 11) is 12.7. The zero-order valence-corrected chi connectivity index (χ0v) is 42.8. The molecular weight excluding hydrogens is 877 g/mol. The molecule has 0 fully saturated rings. The van der Waals surface area contributed by atoms with Crippen LogP contribution in [0.4, 0.5) is 5.69 Å². The zero-order valence-electron chi connectivity index (χ0n) is 39.2. The summed E-state index contributed by atoms with van der Waals surface area (Å²) in [5.41, 5.74) is 13.5. The van der Waals surface area contributed by atoms with Crippen molar-refractivity contribution in [2.75, 3.05) is 42.3 Å². The van der Waals surface area contributed by atoms with Crippen LogP contribution < -0.4 is 0 Å². The third kappa shape index (κ3) is 12.0. The van der Waals surface area contributed by atoms with Gasteiger partial charge in [-0.3, -0.25) is 4.57 Å². The van der Waals surface area contributed by atoms with Gasteiger partial charge in [-0.25, -0.2) is 4.98 Å². The number of benzene rings is 3. The van der Waals surface area contributed by atoms with Gasteiger partial charge in [-0.15, -0.1) is 5.69 Å². The number of imidazole rings is 1. The van der Waals surface area contributed by atoms with Gasteiger partial charge in [0, 0.05) is 24.3 Å². The maximum atomic E-state index is 5.91. The number of para-hydroxylation sites is 2. The molecule has 1 aliphatic carbocycles. The Bertz CT molecular complexity index is 1920. The molecule has 58 heavy (non-hydrogen) atoms. The third-order valence-electron chi connectivity index (χ3n) is 10.6. The molecule has 7 nitrogen and oxygen atoms in total. The summed E-state index contributed by atoms with van der Waals surface area (Å²) in [6, 6.07) is 20.4. The maximum Gasteiger partial charge on any atom is 4.00 e. The van der Waals surface area contributed by atoms with Gasteiger partial charge in [-0.05, 0) is 95.2 Å². The minimum atomic E-state index is -0.255. The van der Waals surface area contributed by atoms with Crippen molar-refractivity contribution in [3.8, 4) is 5.82 Å². The Morgan fingerprint density at radius 3 is 1.57 bits per heavy atom. The molecule has 0 amide bonds. The molecule has 0 N–H and O–H groups in total. The molecular formula is C50H75HfN7. The number of fused-ring (bicyclic) bond motifs is 3. The molecule has 0 aliphatic heterocycles. The van der Waals surface area contributed by atoms with E-state index in [4.69, 9.17) is 10.3 Å². The summed E-state index contributed by atoms with van der Waals surface area (Å²) in [4.78, 5) is 5.62. The molecule has 0 radical (unpaired) electrons. The fourth-order valence-corrected chi connectivity index (χ4v) is 7.95. The quantitative estimate of drug-likeness (QED) is 0.128. The first-order valence-corrected chi connectivity index (χ1v) is 21.2. The second kappa shape index (κ2) is 24.3. The van der Waals surface area contributed by atoms with Crippen LogP contribution in [0.3, 0.4) is 0 Å². The Morgan fingerprint density at radius 1 is 0.603 bits per heavy atom. The Kier molecular flexibility index (Phi) is 21.4. The average molecular weight is 953 g/mol. The predicted molar refractivity (Wildman–Crippen MR) is 250 cm³/mol. The third-order valence-corrected chi connectivity index (χ3v) is 10.6. The van der Waals surface area contributed by atoms with Crippen molar-refractivity contribution in [2.45, 2.75) is 131 Å². The van der Waals surface area contributed by atoms with Gasteiger partial charge >= 0.3 is 25.8 Å². The first-order chi connectivity index (χ1) is 27.1. The number of hydrogen-bond donors (Lipinski definition) is 0. The van der Waals surface area contributed by atoms with Crippen LogP contribution in [0.5, 0.6) is 0 Å². The fraction of sp³-hybridized carbons (Fsp3) is 0.540. The van der Waals surface area contributed by atoms with E-state index in [-0.39, 0.29) is 31.9 Å². The molecule has 6 rings (SSSR count). The Hall–Kier alpha value is -3.04. The standard InChI is InChI=1S/C44H57N4.3C2H6N.Hf/c1-26(2)31-23-36(29(7)8)41(37(24-31)30(9)10)43(46-42-32(27(3)4)19-16-20-33(42)28(5)6)44-45-40(25-47(44)11)48-38-21-14-12-17-34(38)35-18-13-15-22-39(35)48;3*1-3-2;/h12,14,16-17,19-21,23-30,43H,13,15,18,22H2,1-11H3;3*1-2H3;/q4*-1;+4. The monoisotopic (exact) mass is 954 g/mol. The molecule has 314 valence electrons. The summed E-state index contributed by atoms with van der Waals surface area (Å²) < 4.78 is 4.73. The number of rotatable bonds is 10. The molecule has 1 atom stereocenters. The molecule has 1 aliphatic rings. The molecule has 5 aromatic rings. The first kappa shape index (κ1) is 51.1. The van der Waals surface area contributed by atoms with E-state index in [0.717, 1.165) is 30.2 Å². The number of aryl methyl sites for hydroxylation is 2.